The van der Waals surface area contributed by atoms with E-state index in [-0.39, 0.29) is 0 Å². The van der Waals surface area contributed by atoms with Gasteiger partial charge < -0.3 is 9.80 Å². The van der Waals surface area contributed by atoms with Crippen LogP contribution in [0.25, 0.3) is 0 Å². The highest BCUT2D eigenvalue weighted by atomic mass is 28.2. The van der Waals surface area contributed by atoms with Crippen LogP contribution in [0.5, 0.6) is 0 Å². The van der Waals surface area contributed by atoms with Crippen molar-refractivity contribution in [1.29, 1.82) is 0 Å². The Morgan fingerprint density at radius 1 is 0.632 bits per heavy atom. The first-order valence-corrected chi connectivity index (χ1v) is 8.01. The van der Waals surface area contributed by atoms with E-state index >= 15 is 0 Å². The Bertz CT molecular complexity index is 500. The van der Waals surface area contributed by atoms with Gasteiger partial charge in [0.05, 0.1) is 9.52 Å². The minimum atomic E-state index is -0.461. The molecule has 0 unspecified atom stereocenters. The van der Waals surface area contributed by atoms with Gasteiger partial charge in [0.15, 0.2) is 0 Å². The van der Waals surface area contributed by atoms with E-state index in [9.17, 15) is 0 Å². The predicted octanol–water partition coefficient (Wildman–Crippen LogP) is 0.938. The molecular weight excluding hydrogens is 248 g/mol. The molecule has 3 heteroatoms. The van der Waals surface area contributed by atoms with Gasteiger partial charge in [0, 0.05) is 39.6 Å². The minimum Gasteiger partial charge on any atom is -0.378 e. The normalized spacial score (nSPS) is 10.3. The Hall–Kier alpha value is -1.74. The summed E-state index contributed by atoms with van der Waals surface area (Å²) in [5.41, 5.74) is 2.70. The zero-order valence-corrected chi connectivity index (χ0v) is 13.6. The number of benzene rings is 2. The number of hydrogen-bond donors (Lipinski definition) is 0. The SMILES string of the molecule is CN(C)c1ccccc1[SiH2]c1ccccc1N(C)C. The van der Waals surface area contributed by atoms with Crippen molar-refractivity contribution in [1.82, 2.24) is 0 Å². The Labute approximate surface area is 118 Å². The summed E-state index contributed by atoms with van der Waals surface area (Å²) in [5.74, 6) is 0. The van der Waals surface area contributed by atoms with Crippen molar-refractivity contribution in [3.63, 3.8) is 0 Å². The lowest BCUT2D eigenvalue weighted by Crippen LogP contribution is -2.34. The molecule has 0 N–H and O–H groups in total. The van der Waals surface area contributed by atoms with E-state index in [1.807, 2.05) is 0 Å². The molecule has 2 rings (SSSR count). The van der Waals surface area contributed by atoms with Gasteiger partial charge in [0.2, 0.25) is 0 Å². The molecule has 100 valence electrons. The summed E-state index contributed by atoms with van der Waals surface area (Å²) in [5, 5.41) is 3.00. The summed E-state index contributed by atoms with van der Waals surface area (Å²) in [7, 11) is 8.00. The molecule has 2 aromatic carbocycles. The van der Waals surface area contributed by atoms with Crippen LogP contribution in [-0.4, -0.2) is 37.7 Å². The van der Waals surface area contributed by atoms with E-state index in [1.165, 1.54) is 21.7 Å². The maximum absolute atomic E-state index is 2.27. The van der Waals surface area contributed by atoms with Crippen LogP contribution in [-0.2, 0) is 0 Å². The second-order valence-electron chi connectivity index (χ2n) is 5.22. The molecule has 0 saturated carbocycles. The zero-order chi connectivity index (χ0) is 13.8. The molecule has 0 saturated heterocycles. The van der Waals surface area contributed by atoms with Gasteiger partial charge in [-0.2, -0.15) is 0 Å². The topological polar surface area (TPSA) is 6.48 Å². The molecule has 2 nitrogen and oxygen atoms in total. The molecule has 0 spiro atoms. The highest BCUT2D eigenvalue weighted by Crippen LogP contribution is 2.09. The van der Waals surface area contributed by atoms with Crippen LogP contribution in [0.1, 0.15) is 0 Å². The van der Waals surface area contributed by atoms with Gasteiger partial charge >= 0.3 is 0 Å². The summed E-state index contributed by atoms with van der Waals surface area (Å²) in [6.07, 6.45) is 0. The summed E-state index contributed by atoms with van der Waals surface area (Å²) in [6, 6.07) is 17.5. The summed E-state index contributed by atoms with van der Waals surface area (Å²) in [6.45, 7) is 0. The molecule has 0 bridgehead atoms. The quantitative estimate of drug-likeness (QED) is 0.763. The van der Waals surface area contributed by atoms with E-state index in [1.54, 1.807) is 0 Å². The molecule has 0 radical (unpaired) electrons. The van der Waals surface area contributed by atoms with E-state index in [4.69, 9.17) is 0 Å². The average molecular weight is 270 g/mol. The van der Waals surface area contributed by atoms with Gasteiger partial charge in [-0.25, -0.2) is 0 Å². The lowest BCUT2D eigenvalue weighted by Gasteiger charge is -2.20. The van der Waals surface area contributed by atoms with Crippen LogP contribution >= 0.6 is 0 Å². The van der Waals surface area contributed by atoms with Crippen LogP contribution in [0, 0.1) is 0 Å². The number of hydrogen-bond acceptors (Lipinski definition) is 2. The van der Waals surface area contributed by atoms with E-state index in [0.717, 1.165) is 0 Å². The first kappa shape index (κ1) is 13.7. The Kier molecular flexibility index (Phi) is 4.27. The fourth-order valence-corrected chi connectivity index (χ4v) is 4.55. The van der Waals surface area contributed by atoms with Crippen molar-refractivity contribution in [3.8, 4) is 0 Å². The molecule has 0 amide bonds. The third-order valence-electron chi connectivity index (χ3n) is 3.33. The predicted molar refractivity (Wildman–Crippen MR) is 89.4 cm³/mol. The van der Waals surface area contributed by atoms with Gasteiger partial charge in [0.25, 0.3) is 0 Å². The third kappa shape index (κ3) is 3.18. The molecule has 0 aliphatic heterocycles. The Morgan fingerprint density at radius 2 is 1.00 bits per heavy atom. The Morgan fingerprint density at radius 3 is 1.37 bits per heavy atom. The highest BCUT2D eigenvalue weighted by molar-refractivity contribution is 6.70. The molecule has 0 atom stereocenters. The summed E-state index contributed by atoms with van der Waals surface area (Å²) < 4.78 is 0. The van der Waals surface area contributed by atoms with Crippen LogP contribution in [0.3, 0.4) is 0 Å². The number of rotatable bonds is 4. The van der Waals surface area contributed by atoms with E-state index in [2.05, 4.69) is 86.5 Å². The van der Waals surface area contributed by atoms with Crippen LogP contribution in [0.15, 0.2) is 48.5 Å². The molecule has 19 heavy (non-hydrogen) atoms. The Balaban J connectivity index is 2.37. The van der Waals surface area contributed by atoms with E-state index < -0.39 is 9.52 Å². The number of nitrogens with zero attached hydrogens (tertiary/aromatic N) is 2. The molecule has 0 aliphatic carbocycles. The van der Waals surface area contributed by atoms with Gasteiger partial charge in [0.1, 0.15) is 0 Å². The van der Waals surface area contributed by atoms with Crippen LogP contribution < -0.4 is 20.2 Å². The maximum atomic E-state index is 2.27. The monoisotopic (exact) mass is 270 g/mol. The van der Waals surface area contributed by atoms with Crippen molar-refractivity contribution in [3.05, 3.63) is 48.5 Å². The number of anilines is 2. The van der Waals surface area contributed by atoms with Crippen molar-refractivity contribution >= 4 is 31.3 Å². The minimum absolute atomic E-state index is 0.461. The fourth-order valence-electron chi connectivity index (χ4n) is 2.40. The lowest BCUT2D eigenvalue weighted by atomic mass is 10.3. The molecule has 0 aliphatic rings. The van der Waals surface area contributed by atoms with Crippen molar-refractivity contribution in [2.24, 2.45) is 0 Å². The van der Waals surface area contributed by atoms with Crippen LogP contribution in [0.4, 0.5) is 11.4 Å². The molecule has 0 aromatic heterocycles. The van der Waals surface area contributed by atoms with Gasteiger partial charge in [-0.05, 0) is 22.5 Å². The molecule has 0 heterocycles. The van der Waals surface area contributed by atoms with Crippen molar-refractivity contribution in [2.45, 2.75) is 0 Å². The smallest absolute Gasteiger partial charge is 0.0929 e. The van der Waals surface area contributed by atoms with Crippen molar-refractivity contribution < 1.29 is 0 Å². The third-order valence-corrected chi connectivity index (χ3v) is 5.29. The summed E-state index contributed by atoms with van der Waals surface area (Å²) in [4.78, 5) is 4.42. The summed E-state index contributed by atoms with van der Waals surface area (Å²) >= 11 is 0. The average Bonchev–Trinajstić information content (AvgIpc) is 2.39. The van der Waals surface area contributed by atoms with Crippen molar-refractivity contribution in [2.75, 3.05) is 38.0 Å². The van der Waals surface area contributed by atoms with Gasteiger partial charge in [-0.15, -0.1) is 0 Å². The second kappa shape index (κ2) is 5.93. The molecular formula is C16H22N2Si. The molecule has 0 fully saturated rings. The highest BCUT2D eigenvalue weighted by Gasteiger charge is 2.09. The van der Waals surface area contributed by atoms with Gasteiger partial charge in [-0.3, -0.25) is 0 Å². The zero-order valence-electron chi connectivity index (χ0n) is 12.2. The van der Waals surface area contributed by atoms with E-state index in [0.29, 0.717) is 0 Å². The first-order chi connectivity index (χ1) is 9.09. The fraction of sp³-hybridized carbons (Fsp3) is 0.250. The molecule has 2 aromatic rings. The van der Waals surface area contributed by atoms with Gasteiger partial charge in [-0.1, -0.05) is 36.4 Å². The number of para-hydroxylation sites is 2. The second-order valence-corrected chi connectivity index (χ2v) is 7.10. The first-order valence-electron chi connectivity index (χ1n) is 6.60. The van der Waals surface area contributed by atoms with Crippen LogP contribution in [0.2, 0.25) is 0 Å². The standard InChI is InChI=1S/C16H22N2Si/c1-17(2)13-9-5-7-11-15(13)19-16-12-8-6-10-14(16)18(3)4/h5-12H,19H2,1-4H3. The lowest BCUT2D eigenvalue weighted by molar-refractivity contribution is 1.14. The largest absolute Gasteiger partial charge is 0.378 e. The maximum Gasteiger partial charge on any atom is 0.0929 e.